The monoisotopic (exact) mass is 290 g/mol. The number of rotatable bonds is 10. The van der Waals surface area contributed by atoms with Gasteiger partial charge in [0.05, 0.1) is 0 Å². The van der Waals surface area contributed by atoms with Crippen LogP contribution in [0.5, 0.6) is 0 Å². The Morgan fingerprint density at radius 3 is 2.29 bits per heavy atom. The molecule has 1 aromatic rings. The summed E-state index contributed by atoms with van der Waals surface area (Å²) in [6.07, 6.45) is 2.56. The first-order chi connectivity index (χ1) is 10.0. The highest BCUT2D eigenvalue weighted by Gasteiger charge is 2.31. The van der Waals surface area contributed by atoms with Crippen LogP contribution in [0, 0.1) is 5.41 Å². The van der Waals surface area contributed by atoms with Crippen molar-refractivity contribution < 1.29 is 0 Å². The Labute approximate surface area is 131 Å². The lowest BCUT2D eigenvalue weighted by Crippen LogP contribution is -2.43. The van der Waals surface area contributed by atoms with Gasteiger partial charge in [-0.05, 0) is 37.0 Å². The largest absolute Gasteiger partial charge is 0.310 e. The number of nitrogens with zero attached hydrogens (tertiary/aromatic N) is 1. The normalized spacial score (nSPS) is 13.6. The van der Waals surface area contributed by atoms with E-state index >= 15 is 0 Å². The lowest BCUT2D eigenvalue weighted by Gasteiger charge is -2.39. The predicted octanol–water partition coefficient (Wildman–Crippen LogP) is 4.49. The van der Waals surface area contributed by atoms with Gasteiger partial charge in [-0.1, -0.05) is 71.4 Å². The van der Waals surface area contributed by atoms with Gasteiger partial charge < -0.3 is 10.2 Å². The number of hydrogen-bond acceptors (Lipinski definition) is 2. The van der Waals surface area contributed by atoms with Crippen LogP contribution in [0.1, 0.15) is 59.1 Å². The molecule has 1 rings (SSSR count). The van der Waals surface area contributed by atoms with E-state index in [2.05, 4.69) is 75.2 Å². The summed E-state index contributed by atoms with van der Waals surface area (Å²) in [4.78, 5) is 2.59. The highest BCUT2D eigenvalue weighted by molar-refractivity contribution is 5.21. The molecule has 0 aromatic heterocycles. The Morgan fingerprint density at radius 2 is 1.76 bits per heavy atom. The van der Waals surface area contributed by atoms with Crippen LogP contribution < -0.4 is 5.32 Å². The van der Waals surface area contributed by atoms with Crippen molar-refractivity contribution >= 4 is 0 Å². The van der Waals surface area contributed by atoms with Crippen LogP contribution in [0.25, 0.3) is 0 Å². The Bertz CT molecular complexity index is 372. The molecule has 0 aliphatic carbocycles. The fourth-order valence-electron chi connectivity index (χ4n) is 3.09. The van der Waals surface area contributed by atoms with Gasteiger partial charge in [0, 0.05) is 12.6 Å². The van der Waals surface area contributed by atoms with E-state index < -0.39 is 0 Å². The van der Waals surface area contributed by atoms with Gasteiger partial charge in [-0.25, -0.2) is 0 Å². The Hall–Kier alpha value is -0.860. The number of nitrogens with one attached hydrogen (secondary N) is 1. The molecule has 1 atom stereocenters. The topological polar surface area (TPSA) is 15.3 Å². The molecule has 0 amide bonds. The van der Waals surface area contributed by atoms with Crippen LogP contribution in [0.3, 0.4) is 0 Å². The molecule has 2 heteroatoms. The number of hydrogen-bond donors (Lipinski definition) is 1. The van der Waals surface area contributed by atoms with Gasteiger partial charge in [-0.2, -0.15) is 0 Å². The lowest BCUT2D eigenvalue weighted by atomic mass is 9.79. The van der Waals surface area contributed by atoms with Crippen LogP contribution in [-0.4, -0.2) is 31.1 Å². The third-order valence-electron chi connectivity index (χ3n) is 4.23. The van der Waals surface area contributed by atoms with Gasteiger partial charge in [0.1, 0.15) is 0 Å². The molecule has 1 N–H and O–H groups in total. The van der Waals surface area contributed by atoms with E-state index in [-0.39, 0.29) is 5.41 Å². The van der Waals surface area contributed by atoms with Crippen LogP contribution in [-0.2, 0) is 0 Å². The third-order valence-corrected chi connectivity index (χ3v) is 4.23. The van der Waals surface area contributed by atoms with E-state index in [1.54, 1.807) is 0 Å². The summed E-state index contributed by atoms with van der Waals surface area (Å²) in [6.45, 7) is 16.0. The maximum absolute atomic E-state index is 3.70. The van der Waals surface area contributed by atoms with Gasteiger partial charge in [0.25, 0.3) is 0 Å². The minimum Gasteiger partial charge on any atom is -0.310 e. The van der Waals surface area contributed by atoms with Crippen molar-refractivity contribution in [3.8, 4) is 0 Å². The molecule has 1 unspecified atom stereocenters. The van der Waals surface area contributed by atoms with E-state index in [1.807, 2.05) is 0 Å². The zero-order chi connectivity index (χ0) is 15.7. The second-order valence-corrected chi connectivity index (χ2v) is 6.61. The average molecular weight is 290 g/mol. The molecule has 2 nitrogen and oxygen atoms in total. The quantitative estimate of drug-likeness (QED) is 0.683. The molecule has 0 fully saturated rings. The predicted molar refractivity (Wildman–Crippen MR) is 93.7 cm³/mol. The van der Waals surface area contributed by atoms with Crippen LogP contribution in [0.2, 0.25) is 0 Å². The Kier molecular flexibility index (Phi) is 7.98. The summed E-state index contributed by atoms with van der Waals surface area (Å²) in [5, 5.41) is 3.70. The van der Waals surface area contributed by atoms with Crippen molar-refractivity contribution in [1.29, 1.82) is 0 Å². The minimum atomic E-state index is 0.209. The summed E-state index contributed by atoms with van der Waals surface area (Å²) in [6, 6.07) is 11.3. The zero-order valence-corrected chi connectivity index (χ0v) is 14.7. The van der Waals surface area contributed by atoms with Crippen molar-refractivity contribution in [2.45, 2.75) is 53.5 Å². The van der Waals surface area contributed by atoms with Gasteiger partial charge in [0.2, 0.25) is 0 Å². The van der Waals surface area contributed by atoms with Crippen LogP contribution >= 0.6 is 0 Å². The summed E-state index contributed by atoms with van der Waals surface area (Å²) in [7, 11) is 0. The molecule has 0 bridgehead atoms. The molecular formula is C19H34N2. The molecule has 0 saturated carbocycles. The Morgan fingerprint density at radius 1 is 1.10 bits per heavy atom. The van der Waals surface area contributed by atoms with Gasteiger partial charge in [-0.15, -0.1) is 0 Å². The van der Waals surface area contributed by atoms with E-state index in [9.17, 15) is 0 Å². The van der Waals surface area contributed by atoms with Gasteiger partial charge in [0.15, 0.2) is 0 Å². The van der Waals surface area contributed by atoms with Gasteiger partial charge in [-0.3, -0.25) is 0 Å². The molecule has 21 heavy (non-hydrogen) atoms. The fraction of sp³-hybridized carbons (Fsp3) is 0.684. The Balaban J connectivity index is 2.83. The van der Waals surface area contributed by atoms with Crippen molar-refractivity contribution in [3.05, 3.63) is 35.9 Å². The van der Waals surface area contributed by atoms with E-state index in [4.69, 9.17) is 0 Å². The molecule has 0 aliphatic heterocycles. The molecule has 0 saturated heterocycles. The van der Waals surface area contributed by atoms with Crippen molar-refractivity contribution in [2.75, 3.05) is 26.2 Å². The van der Waals surface area contributed by atoms with Crippen molar-refractivity contribution in [3.63, 3.8) is 0 Å². The van der Waals surface area contributed by atoms with Crippen LogP contribution in [0.4, 0.5) is 0 Å². The maximum atomic E-state index is 3.70. The lowest BCUT2D eigenvalue weighted by molar-refractivity contribution is 0.140. The average Bonchev–Trinajstić information content (AvgIpc) is 2.49. The SMILES string of the molecule is CCCCN(CC)CC(C)(C)C(NCC)c1ccccc1. The summed E-state index contributed by atoms with van der Waals surface area (Å²) in [5.74, 6) is 0. The van der Waals surface area contributed by atoms with E-state index in [0.717, 1.165) is 19.6 Å². The minimum absolute atomic E-state index is 0.209. The molecule has 1 aromatic carbocycles. The molecular weight excluding hydrogens is 256 g/mol. The summed E-state index contributed by atoms with van der Waals surface area (Å²) in [5.41, 5.74) is 1.61. The summed E-state index contributed by atoms with van der Waals surface area (Å²) >= 11 is 0. The summed E-state index contributed by atoms with van der Waals surface area (Å²) < 4.78 is 0. The molecule has 0 radical (unpaired) electrons. The molecule has 120 valence electrons. The van der Waals surface area contributed by atoms with Crippen LogP contribution in [0.15, 0.2) is 30.3 Å². The van der Waals surface area contributed by atoms with Crippen molar-refractivity contribution in [2.24, 2.45) is 5.41 Å². The highest BCUT2D eigenvalue weighted by atomic mass is 15.1. The number of unbranched alkanes of at least 4 members (excludes halogenated alkanes) is 1. The maximum Gasteiger partial charge on any atom is 0.0384 e. The first-order valence-electron chi connectivity index (χ1n) is 8.55. The second kappa shape index (κ2) is 9.22. The standard InChI is InChI=1S/C19H34N2/c1-6-9-15-21(8-3)16-19(4,5)18(20-7-2)17-13-11-10-12-14-17/h10-14,18,20H,6-9,15-16H2,1-5H3. The van der Waals surface area contributed by atoms with Gasteiger partial charge >= 0.3 is 0 Å². The highest BCUT2D eigenvalue weighted by Crippen LogP contribution is 2.34. The van der Waals surface area contributed by atoms with Crippen molar-refractivity contribution in [1.82, 2.24) is 10.2 Å². The zero-order valence-electron chi connectivity index (χ0n) is 14.7. The van der Waals surface area contributed by atoms with E-state index in [1.165, 1.54) is 24.9 Å². The first kappa shape index (κ1) is 18.2. The molecule has 0 aliphatic rings. The van der Waals surface area contributed by atoms with E-state index in [0.29, 0.717) is 6.04 Å². The smallest absolute Gasteiger partial charge is 0.0384 e. The first-order valence-corrected chi connectivity index (χ1v) is 8.55. The molecule has 0 spiro atoms. The number of benzene rings is 1. The fourth-order valence-corrected chi connectivity index (χ4v) is 3.09. The molecule has 0 heterocycles. The second-order valence-electron chi connectivity index (χ2n) is 6.61. The third kappa shape index (κ3) is 5.80.